The molecule has 0 aliphatic heterocycles. The average Bonchev–Trinajstić information content (AvgIpc) is 1.87. The van der Waals surface area contributed by atoms with Gasteiger partial charge in [0.25, 0.3) is 0 Å². The first-order valence-corrected chi connectivity index (χ1v) is 4.38. The fourth-order valence-electron chi connectivity index (χ4n) is 0.436. The minimum absolute atomic E-state index is 0.191. The van der Waals surface area contributed by atoms with Crippen LogP contribution < -0.4 is 0 Å². The highest BCUT2D eigenvalue weighted by molar-refractivity contribution is 6.12. The van der Waals surface area contributed by atoms with Gasteiger partial charge in [-0.05, 0) is 20.8 Å². The van der Waals surface area contributed by atoms with E-state index in [-0.39, 0.29) is 12.1 Å². The second kappa shape index (κ2) is 4.33. The van der Waals surface area contributed by atoms with Crippen molar-refractivity contribution >= 4 is 16.5 Å². The molecule has 0 aliphatic carbocycles. The summed E-state index contributed by atoms with van der Waals surface area (Å²) < 4.78 is 6.48. The summed E-state index contributed by atoms with van der Waals surface area (Å²) in [4.78, 5) is 10.9. The van der Waals surface area contributed by atoms with Gasteiger partial charge in [0.2, 0.25) is 0 Å². The van der Waals surface area contributed by atoms with Gasteiger partial charge in [0.05, 0.1) is 6.61 Å². The first kappa shape index (κ1) is 9.49. The summed E-state index contributed by atoms with van der Waals surface area (Å²) in [5.74, 6) is 0. The zero-order valence-electron chi connectivity index (χ0n) is 7.05. The van der Waals surface area contributed by atoms with Crippen molar-refractivity contribution in [3.8, 4) is 0 Å². The molecule has 0 radical (unpaired) electrons. The highest BCUT2D eigenvalue weighted by Gasteiger charge is 2.10. The van der Waals surface area contributed by atoms with Gasteiger partial charge in [0, 0.05) is 6.04 Å². The summed E-state index contributed by atoms with van der Waals surface area (Å²) in [5.41, 5.74) is 0. The van der Waals surface area contributed by atoms with E-state index in [0.717, 1.165) is 10.4 Å². The van der Waals surface area contributed by atoms with E-state index in [4.69, 9.17) is 4.74 Å². The second-order valence-corrected chi connectivity index (χ2v) is 3.37. The molecule has 1 amide bonds. The largest absolute Gasteiger partial charge is 0.450 e. The summed E-state index contributed by atoms with van der Waals surface area (Å²) in [7, 11) is 0.730. The van der Waals surface area contributed by atoms with Gasteiger partial charge >= 0.3 is 6.09 Å². The number of carbonyl (C=O) groups excluding carboxylic acids is 1. The molecule has 0 spiro atoms. The van der Waals surface area contributed by atoms with E-state index in [1.807, 2.05) is 20.8 Å². The van der Waals surface area contributed by atoms with Crippen LogP contribution in [0.2, 0.25) is 0 Å². The molecule has 0 unspecified atom stereocenters. The Hall–Kier alpha value is -0.513. The Morgan fingerprint density at radius 2 is 2.20 bits per heavy atom. The van der Waals surface area contributed by atoms with Crippen LogP contribution in [-0.2, 0) is 4.74 Å². The van der Waals surface area contributed by atoms with Crippen molar-refractivity contribution in [3.63, 3.8) is 0 Å². The number of carbonyl (C=O) groups is 1. The van der Waals surface area contributed by atoms with Gasteiger partial charge in [-0.2, -0.15) is 0 Å². The molecule has 4 heteroatoms. The third-order valence-electron chi connectivity index (χ3n) is 1.33. The van der Waals surface area contributed by atoms with Crippen molar-refractivity contribution in [2.45, 2.75) is 26.8 Å². The van der Waals surface area contributed by atoms with Crippen molar-refractivity contribution in [1.29, 1.82) is 0 Å². The van der Waals surface area contributed by atoms with Crippen LogP contribution in [0.5, 0.6) is 0 Å². The van der Waals surface area contributed by atoms with Gasteiger partial charge in [0.15, 0.2) is 0 Å². The molecule has 0 heterocycles. The molecule has 0 fully saturated rings. The Morgan fingerprint density at radius 1 is 1.70 bits per heavy atom. The number of hydrogen-bond acceptors (Lipinski definition) is 2. The minimum Gasteiger partial charge on any atom is -0.450 e. The predicted molar refractivity (Wildman–Crippen MR) is 43.9 cm³/mol. The van der Waals surface area contributed by atoms with E-state index in [2.05, 4.69) is 0 Å². The molecule has 0 atom stereocenters. The van der Waals surface area contributed by atoms with Crippen LogP contribution in [0.1, 0.15) is 20.8 Å². The van der Waals surface area contributed by atoms with Crippen molar-refractivity contribution in [3.05, 3.63) is 0 Å². The second-order valence-electron chi connectivity index (χ2n) is 2.40. The quantitative estimate of drug-likeness (QED) is 0.539. The fraction of sp³-hybridized carbons (Fsp3) is 0.833. The highest BCUT2D eigenvalue weighted by Crippen LogP contribution is 1.95. The Morgan fingerprint density at radius 3 is 2.50 bits per heavy atom. The maximum Gasteiger partial charge on any atom is 0.401 e. The van der Waals surface area contributed by atoms with Gasteiger partial charge < -0.3 is 9.30 Å². The first-order chi connectivity index (χ1) is 4.59. The number of amides is 1. The van der Waals surface area contributed by atoms with Gasteiger partial charge in [-0.3, -0.25) is 0 Å². The Kier molecular flexibility index (Phi) is 4.10. The zero-order chi connectivity index (χ0) is 8.15. The molecule has 0 bridgehead atoms. The van der Waals surface area contributed by atoms with E-state index >= 15 is 0 Å². The van der Waals surface area contributed by atoms with Crippen LogP contribution in [0.4, 0.5) is 4.79 Å². The number of hydrogen-bond donors (Lipinski definition) is 0. The van der Waals surface area contributed by atoms with Gasteiger partial charge in [-0.1, -0.05) is 0 Å². The first-order valence-electron chi connectivity index (χ1n) is 3.49. The lowest BCUT2D eigenvalue weighted by molar-refractivity contribution is 0.125. The summed E-state index contributed by atoms with van der Waals surface area (Å²) in [6, 6.07) is 0.269. The lowest BCUT2D eigenvalue weighted by Crippen LogP contribution is -2.34. The fourth-order valence-corrected chi connectivity index (χ4v) is 0.565. The molecule has 10 heavy (non-hydrogen) atoms. The monoisotopic (exact) mass is 161 g/mol. The number of nitrogens with zero attached hydrogens (tertiary/aromatic N) is 1. The molecule has 0 rings (SSSR count). The third-order valence-corrected chi connectivity index (χ3v) is 2.73. The number of rotatable bonds is 2. The Balaban J connectivity index is 3.71. The predicted octanol–water partition coefficient (Wildman–Crippen LogP) is 0.134. The van der Waals surface area contributed by atoms with Crippen LogP contribution in [0.15, 0.2) is 0 Å². The molecule has 60 valence electrons. The molecule has 0 saturated heterocycles. The van der Waals surface area contributed by atoms with E-state index in [1.54, 1.807) is 4.57 Å². The lowest BCUT2D eigenvalue weighted by Gasteiger charge is -2.20. The van der Waals surface area contributed by atoms with E-state index in [9.17, 15) is 4.79 Å². The smallest absolute Gasteiger partial charge is 0.401 e. The number of ether oxygens (including phenoxy) is 1. The topological polar surface area (TPSA) is 29.5 Å². The van der Waals surface area contributed by atoms with Crippen LogP contribution in [-0.4, -0.2) is 33.7 Å². The van der Waals surface area contributed by atoms with E-state index in [0.29, 0.717) is 6.61 Å². The Bertz CT molecular complexity index is 116. The molecule has 0 saturated carbocycles. The normalized spacial score (nSPS) is 10.0. The van der Waals surface area contributed by atoms with Gasteiger partial charge in [-0.15, -0.1) is 0 Å². The standard InChI is InChI=1S/C6H15NO2Si/c1-4-9-6(8)7(10)5(2)3/h5H,4H2,1-3,10H3. The highest BCUT2D eigenvalue weighted by atomic mass is 28.2. The van der Waals surface area contributed by atoms with Crippen molar-refractivity contribution < 1.29 is 9.53 Å². The zero-order valence-corrected chi connectivity index (χ0v) is 9.05. The van der Waals surface area contributed by atoms with Crippen molar-refractivity contribution in [2.75, 3.05) is 6.61 Å². The molecule has 0 aromatic heterocycles. The molecule has 0 N–H and O–H groups in total. The summed E-state index contributed by atoms with van der Waals surface area (Å²) in [6.45, 7) is 6.23. The summed E-state index contributed by atoms with van der Waals surface area (Å²) >= 11 is 0. The van der Waals surface area contributed by atoms with Crippen LogP contribution >= 0.6 is 0 Å². The SMILES string of the molecule is CCOC(=O)N([SiH3])C(C)C. The van der Waals surface area contributed by atoms with E-state index < -0.39 is 0 Å². The lowest BCUT2D eigenvalue weighted by atomic mass is 10.4. The maximum absolute atomic E-state index is 10.9. The average molecular weight is 161 g/mol. The molecule has 3 nitrogen and oxygen atoms in total. The molecule has 0 aromatic carbocycles. The van der Waals surface area contributed by atoms with Crippen LogP contribution in [0, 0.1) is 0 Å². The van der Waals surface area contributed by atoms with Gasteiger partial charge in [0.1, 0.15) is 10.4 Å². The van der Waals surface area contributed by atoms with Crippen molar-refractivity contribution in [1.82, 2.24) is 4.57 Å². The third kappa shape index (κ3) is 2.86. The summed E-state index contributed by atoms with van der Waals surface area (Å²) in [6.07, 6.45) is -0.191. The Labute approximate surface area is 64.8 Å². The van der Waals surface area contributed by atoms with Crippen LogP contribution in [0.25, 0.3) is 0 Å². The van der Waals surface area contributed by atoms with Crippen molar-refractivity contribution in [2.24, 2.45) is 0 Å². The minimum atomic E-state index is -0.191. The van der Waals surface area contributed by atoms with E-state index in [1.165, 1.54) is 0 Å². The summed E-state index contributed by atoms with van der Waals surface area (Å²) in [5, 5.41) is 0. The van der Waals surface area contributed by atoms with Gasteiger partial charge in [-0.25, -0.2) is 4.79 Å². The molecule has 0 aliphatic rings. The molecular weight excluding hydrogens is 146 g/mol. The maximum atomic E-state index is 10.9. The van der Waals surface area contributed by atoms with Crippen LogP contribution in [0.3, 0.4) is 0 Å². The molecule has 0 aromatic rings. The molecular formula is C6H15NO2Si.